The molecule has 1 heterocycles. The third-order valence-electron chi connectivity index (χ3n) is 4.13. The van der Waals surface area contributed by atoms with Crippen molar-refractivity contribution in [3.63, 3.8) is 0 Å². The molecule has 1 amide bonds. The van der Waals surface area contributed by atoms with Crippen LogP contribution in [-0.2, 0) is 0 Å². The van der Waals surface area contributed by atoms with Gasteiger partial charge in [-0.05, 0) is 42.8 Å². The molecule has 2 aromatic carbocycles. The summed E-state index contributed by atoms with van der Waals surface area (Å²) in [6.45, 7) is 1.57. The maximum absolute atomic E-state index is 13.2. The van der Waals surface area contributed by atoms with Crippen molar-refractivity contribution in [2.75, 3.05) is 13.7 Å². The van der Waals surface area contributed by atoms with E-state index >= 15 is 0 Å². The van der Waals surface area contributed by atoms with Gasteiger partial charge in [-0.3, -0.25) is 4.79 Å². The standard InChI is InChI=1S/C19H17F2NO4/c1-10-13-8-12(25-2)4-6-17(13)26-18(10)19(24)22-9-16(23)11-3-5-14(20)15(21)7-11/h3-8,16,23H,9H2,1-2H3,(H,22,24)/t16-/m0/s1. The summed E-state index contributed by atoms with van der Waals surface area (Å²) >= 11 is 0. The van der Waals surface area contributed by atoms with Gasteiger partial charge in [0.25, 0.3) is 5.91 Å². The number of aryl methyl sites for hydroxylation is 1. The number of ether oxygens (including phenoxy) is 1. The number of amides is 1. The van der Waals surface area contributed by atoms with Crippen LogP contribution in [0.4, 0.5) is 8.78 Å². The molecular formula is C19H17F2NO4. The summed E-state index contributed by atoms with van der Waals surface area (Å²) < 4.78 is 36.9. The van der Waals surface area contributed by atoms with Crippen LogP contribution in [0.2, 0.25) is 0 Å². The van der Waals surface area contributed by atoms with Gasteiger partial charge < -0.3 is 19.6 Å². The van der Waals surface area contributed by atoms with E-state index in [4.69, 9.17) is 9.15 Å². The van der Waals surface area contributed by atoms with E-state index in [-0.39, 0.29) is 17.9 Å². The molecule has 0 spiro atoms. The second kappa shape index (κ2) is 7.13. The van der Waals surface area contributed by atoms with Crippen molar-refractivity contribution >= 4 is 16.9 Å². The first-order chi connectivity index (χ1) is 12.4. The van der Waals surface area contributed by atoms with E-state index in [0.717, 1.165) is 17.5 Å². The molecule has 136 valence electrons. The Balaban J connectivity index is 1.74. The second-order valence-electron chi connectivity index (χ2n) is 5.82. The number of methoxy groups -OCH3 is 1. The van der Waals surface area contributed by atoms with Crippen molar-refractivity contribution in [2.45, 2.75) is 13.0 Å². The smallest absolute Gasteiger partial charge is 0.287 e. The first-order valence-electron chi connectivity index (χ1n) is 7.89. The number of rotatable bonds is 5. The van der Waals surface area contributed by atoms with Gasteiger partial charge >= 0.3 is 0 Å². The lowest BCUT2D eigenvalue weighted by Crippen LogP contribution is -2.28. The van der Waals surface area contributed by atoms with Gasteiger partial charge in [0.05, 0.1) is 13.2 Å². The topological polar surface area (TPSA) is 71.7 Å². The van der Waals surface area contributed by atoms with Gasteiger partial charge in [-0.1, -0.05) is 6.07 Å². The molecule has 0 saturated carbocycles. The zero-order valence-corrected chi connectivity index (χ0v) is 14.2. The summed E-state index contributed by atoms with van der Waals surface area (Å²) in [5.74, 6) is -1.82. The Morgan fingerprint density at radius 2 is 2.00 bits per heavy atom. The molecule has 3 aromatic rings. The first kappa shape index (κ1) is 17.9. The first-order valence-corrected chi connectivity index (χ1v) is 7.89. The van der Waals surface area contributed by atoms with E-state index in [1.54, 1.807) is 32.2 Å². The predicted molar refractivity (Wildman–Crippen MR) is 91.2 cm³/mol. The molecule has 0 saturated heterocycles. The van der Waals surface area contributed by atoms with Crippen LogP contribution >= 0.6 is 0 Å². The molecule has 7 heteroatoms. The van der Waals surface area contributed by atoms with Crippen LogP contribution in [0, 0.1) is 18.6 Å². The largest absolute Gasteiger partial charge is 0.497 e. The van der Waals surface area contributed by atoms with Crippen molar-refractivity contribution in [2.24, 2.45) is 0 Å². The van der Waals surface area contributed by atoms with Crippen molar-refractivity contribution in [3.8, 4) is 5.75 Å². The number of aliphatic hydroxyl groups is 1. The fraction of sp³-hybridized carbons (Fsp3) is 0.211. The van der Waals surface area contributed by atoms with Crippen molar-refractivity contribution in [1.82, 2.24) is 5.32 Å². The van der Waals surface area contributed by atoms with Crippen molar-refractivity contribution < 1.29 is 27.8 Å². The van der Waals surface area contributed by atoms with Gasteiger partial charge in [-0.25, -0.2) is 8.78 Å². The number of aliphatic hydroxyl groups excluding tert-OH is 1. The van der Waals surface area contributed by atoms with Gasteiger partial charge in [-0.2, -0.15) is 0 Å². The molecule has 0 radical (unpaired) electrons. The lowest BCUT2D eigenvalue weighted by atomic mass is 10.1. The summed E-state index contributed by atoms with van der Waals surface area (Å²) in [4.78, 5) is 12.4. The van der Waals surface area contributed by atoms with Crippen LogP contribution in [0.1, 0.15) is 27.8 Å². The summed E-state index contributed by atoms with van der Waals surface area (Å²) in [6.07, 6.45) is -1.18. The molecule has 5 nitrogen and oxygen atoms in total. The molecule has 0 aliphatic rings. The molecule has 3 rings (SSSR count). The molecule has 0 unspecified atom stereocenters. The van der Waals surface area contributed by atoms with E-state index in [1.165, 1.54) is 6.07 Å². The number of fused-ring (bicyclic) bond motifs is 1. The monoisotopic (exact) mass is 361 g/mol. The lowest BCUT2D eigenvalue weighted by molar-refractivity contribution is 0.0890. The number of hydrogen-bond acceptors (Lipinski definition) is 4. The van der Waals surface area contributed by atoms with Gasteiger partial charge in [0.2, 0.25) is 0 Å². The Kier molecular flexibility index (Phi) is 4.90. The lowest BCUT2D eigenvalue weighted by Gasteiger charge is -2.12. The normalized spacial score (nSPS) is 12.2. The predicted octanol–water partition coefficient (Wildman–Crippen LogP) is 3.49. The Morgan fingerprint density at radius 1 is 1.23 bits per heavy atom. The average Bonchev–Trinajstić information content (AvgIpc) is 2.97. The fourth-order valence-electron chi connectivity index (χ4n) is 2.65. The van der Waals surface area contributed by atoms with Crippen LogP contribution in [0.3, 0.4) is 0 Å². The average molecular weight is 361 g/mol. The number of carbonyl (C=O) groups excluding carboxylic acids is 1. The number of hydrogen-bond donors (Lipinski definition) is 2. The summed E-state index contributed by atoms with van der Waals surface area (Å²) in [7, 11) is 1.55. The van der Waals surface area contributed by atoms with Crippen molar-refractivity contribution in [1.29, 1.82) is 0 Å². The Morgan fingerprint density at radius 3 is 2.69 bits per heavy atom. The Hall–Kier alpha value is -2.93. The Labute approximate surface area is 148 Å². The maximum atomic E-state index is 13.2. The zero-order chi connectivity index (χ0) is 18.8. The van der Waals surface area contributed by atoms with E-state index in [0.29, 0.717) is 16.9 Å². The van der Waals surface area contributed by atoms with Crippen LogP contribution < -0.4 is 10.1 Å². The molecule has 1 aromatic heterocycles. The number of benzene rings is 2. The quantitative estimate of drug-likeness (QED) is 0.730. The highest BCUT2D eigenvalue weighted by atomic mass is 19.2. The minimum atomic E-state index is -1.18. The Bertz CT molecular complexity index is 968. The highest BCUT2D eigenvalue weighted by Crippen LogP contribution is 2.28. The minimum absolute atomic E-state index is 0.116. The van der Waals surface area contributed by atoms with Gasteiger partial charge in [-0.15, -0.1) is 0 Å². The third-order valence-corrected chi connectivity index (χ3v) is 4.13. The van der Waals surface area contributed by atoms with Crippen LogP contribution in [0.25, 0.3) is 11.0 Å². The minimum Gasteiger partial charge on any atom is -0.497 e. The maximum Gasteiger partial charge on any atom is 0.287 e. The number of furan rings is 1. The van der Waals surface area contributed by atoms with E-state index in [9.17, 15) is 18.7 Å². The molecule has 0 aliphatic carbocycles. The SMILES string of the molecule is COc1ccc2oc(C(=O)NC[C@H](O)c3ccc(F)c(F)c3)c(C)c2c1. The van der Waals surface area contributed by atoms with Gasteiger partial charge in [0, 0.05) is 17.5 Å². The number of carbonyl (C=O) groups is 1. The van der Waals surface area contributed by atoms with E-state index < -0.39 is 23.6 Å². The molecule has 0 fully saturated rings. The highest BCUT2D eigenvalue weighted by Gasteiger charge is 2.19. The number of nitrogens with one attached hydrogen (secondary N) is 1. The molecule has 1 atom stereocenters. The highest BCUT2D eigenvalue weighted by molar-refractivity contribution is 5.99. The van der Waals surface area contributed by atoms with Crippen LogP contribution in [0.15, 0.2) is 40.8 Å². The molecule has 26 heavy (non-hydrogen) atoms. The van der Waals surface area contributed by atoms with E-state index in [1.807, 2.05) is 0 Å². The summed E-state index contributed by atoms with van der Waals surface area (Å²) in [5, 5.41) is 13.3. The second-order valence-corrected chi connectivity index (χ2v) is 5.82. The molecular weight excluding hydrogens is 344 g/mol. The van der Waals surface area contributed by atoms with E-state index in [2.05, 4.69) is 5.32 Å². The molecule has 2 N–H and O–H groups in total. The summed E-state index contributed by atoms with van der Waals surface area (Å²) in [5.41, 5.74) is 1.34. The summed E-state index contributed by atoms with van der Waals surface area (Å²) in [6, 6.07) is 8.26. The zero-order valence-electron chi connectivity index (χ0n) is 14.2. The molecule has 0 aliphatic heterocycles. The van der Waals surface area contributed by atoms with Gasteiger partial charge in [0.15, 0.2) is 17.4 Å². The third kappa shape index (κ3) is 3.39. The van der Waals surface area contributed by atoms with Crippen molar-refractivity contribution in [3.05, 3.63) is 64.9 Å². The van der Waals surface area contributed by atoms with Crippen LogP contribution in [0.5, 0.6) is 5.75 Å². The fourth-order valence-corrected chi connectivity index (χ4v) is 2.65. The number of halogens is 2. The van der Waals surface area contributed by atoms with Gasteiger partial charge in [0.1, 0.15) is 11.3 Å². The van der Waals surface area contributed by atoms with Crippen LogP contribution in [-0.4, -0.2) is 24.7 Å². The molecule has 0 bridgehead atoms.